The summed E-state index contributed by atoms with van der Waals surface area (Å²) in [6.45, 7) is 2.02. The maximum absolute atomic E-state index is 13.0. The second-order valence-corrected chi connectivity index (χ2v) is 4.87. The number of hydrogen-bond acceptors (Lipinski definition) is 1. The fourth-order valence-corrected chi connectivity index (χ4v) is 2.53. The molecule has 0 unspecified atom stereocenters. The lowest BCUT2D eigenvalue weighted by Crippen LogP contribution is -1.93. The molecule has 90 valence electrons. The molecule has 0 spiro atoms. The van der Waals surface area contributed by atoms with Gasteiger partial charge in [-0.1, -0.05) is 6.07 Å². The smallest absolute Gasteiger partial charge is 0.146 e. The molecule has 0 N–H and O–H groups in total. The van der Waals surface area contributed by atoms with Crippen molar-refractivity contribution in [2.75, 3.05) is 0 Å². The number of hydrogen-bond donors (Lipinski definition) is 0. The van der Waals surface area contributed by atoms with Crippen LogP contribution in [0.25, 0.3) is 16.9 Å². The molecular formula is C14H10BrFN2. The van der Waals surface area contributed by atoms with E-state index >= 15 is 0 Å². The first kappa shape index (κ1) is 11.4. The molecule has 0 amide bonds. The average molecular weight is 305 g/mol. The molecule has 4 heteroatoms. The molecule has 0 fully saturated rings. The van der Waals surface area contributed by atoms with Crippen LogP contribution in [0.5, 0.6) is 0 Å². The van der Waals surface area contributed by atoms with Gasteiger partial charge in [-0.3, -0.25) is 4.40 Å². The third kappa shape index (κ3) is 1.73. The molecule has 3 aromatic rings. The van der Waals surface area contributed by atoms with Crippen LogP contribution in [-0.2, 0) is 0 Å². The highest BCUT2D eigenvalue weighted by Crippen LogP contribution is 2.27. The van der Waals surface area contributed by atoms with Crippen molar-refractivity contribution in [3.63, 3.8) is 0 Å². The Labute approximate surface area is 112 Å². The van der Waals surface area contributed by atoms with Crippen LogP contribution in [0.15, 0.2) is 47.1 Å². The summed E-state index contributed by atoms with van der Waals surface area (Å²) < 4.78 is 15.8. The van der Waals surface area contributed by atoms with Gasteiger partial charge in [0, 0.05) is 11.3 Å². The number of aryl methyl sites for hydroxylation is 1. The van der Waals surface area contributed by atoms with E-state index in [0.29, 0.717) is 0 Å². The van der Waals surface area contributed by atoms with Crippen LogP contribution in [0, 0.1) is 12.7 Å². The molecule has 0 saturated heterocycles. The number of benzene rings is 1. The van der Waals surface area contributed by atoms with Gasteiger partial charge in [0.05, 0.1) is 5.52 Å². The maximum Gasteiger partial charge on any atom is 0.146 e. The van der Waals surface area contributed by atoms with E-state index in [1.54, 1.807) is 12.1 Å². The molecule has 0 radical (unpaired) electrons. The third-order valence-electron chi connectivity index (χ3n) is 2.91. The summed E-state index contributed by atoms with van der Waals surface area (Å²) in [4.78, 5) is 4.51. The van der Waals surface area contributed by atoms with Crippen LogP contribution in [-0.4, -0.2) is 9.38 Å². The molecule has 2 nitrogen and oxygen atoms in total. The van der Waals surface area contributed by atoms with Crippen molar-refractivity contribution in [1.29, 1.82) is 0 Å². The van der Waals surface area contributed by atoms with Gasteiger partial charge in [-0.2, -0.15) is 0 Å². The first-order valence-electron chi connectivity index (χ1n) is 5.56. The van der Waals surface area contributed by atoms with Gasteiger partial charge in [0.25, 0.3) is 0 Å². The van der Waals surface area contributed by atoms with E-state index in [2.05, 4.69) is 25.3 Å². The Morgan fingerprint density at radius 1 is 1.11 bits per heavy atom. The van der Waals surface area contributed by atoms with E-state index in [1.165, 1.54) is 12.1 Å². The summed E-state index contributed by atoms with van der Waals surface area (Å²) in [5.74, 6) is 0.574. The molecular weight excluding hydrogens is 295 g/mol. The predicted molar refractivity (Wildman–Crippen MR) is 73.0 cm³/mol. The summed E-state index contributed by atoms with van der Waals surface area (Å²) in [6, 6.07) is 12.4. The molecule has 0 atom stereocenters. The minimum atomic E-state index is -0.240. The molecule has 2 heterocycles. The van der Waals surface area contributed by atoms with Crippen molar-refractivity contribution < 1.29 is 4.39 Å². The highest BCUT2D eigenvalue weighted by Gasteiger charge is 2.12. The second kappa shape index (κ2) is 4.21. The molecule has 0 bridgehead atoms. The number of aromatic nitrogens is 2. The Morgan fingerprint density at radius 2 is 1.83 bits per heavy atom. The Hall–Kier alpha value is -1.68. The van der Waals surface area contributed by atoms with Crippen molar-refractivity contribution in [3.8, 4) is 11.4 Å². The van der Waals surface area contributed by atoms with E-state index < -0.39 is 0 Å². The quantitative estimate of drug-likeness (QED) is 0.658. The molecule has 18 heavy (non-hydrogen) atoms. The normalized spacial score (nSPS) is 11.1. The zero-order chi connectivity index (χ0) is 12.7. The van der Waals surface area contributed by atoms with E-state index in [-0.39, 0.29) is 5.82 Å². The van der Waals surface area contributed by atoms with Crippen LogP contribution in [0.2, 0.25) is 0 Å². The zero-order valence-corrected chi connectivity index (χ0v) is 11.3. The summed E-state index contributed by atoms with van der Waals surface area (Å²) in [6.07, 6.45) is 0. The Bertz CT molecular complexity index is 716. The summed E-state index contributed by atoms with van der Waals surface area (Å²) in [5, 5.41) is 0. The van der Waals surface area contributed by atoms with Crippen molar-refractivity contribution in [2.24, 2.45) is 0 Å². The standard InChI is InChI=1S/C14H10BrFN2/c1-9-3-2-4-12-13(15)17-14(18(9)12)10-5-7-11(16)8-6-10/h2-8H,1H3. The Balaban J connectivity index is 2.32. The van der Waals surface area contributed by atoms with Crippen LogP contribution in [0.4, 0.5) is 4.39 Å². The Morgan fingerprint density at radius 3 is 2.56 bits per heavy atom. The monoisotopic (exact) mass is 304 g/mol. The second-order valence-electron chi connectivity index (χ2n) is 4.12. The van der Waals surface area contributed by atoms with Gasteiger partial charge in [0.15, 0.2) is 0 Å². The van der Waals surface area contributed by atoms with Gasteiger partial charge in [0.1, 0.15) is 16.2 Å². The molecule has 0 aliphatic carbocycles. The number of halogens is 2. The van der Waals surface area contributed by atoms with Crippen molar-refractivity contribution in [2.45, 2.75) is 6.92 Å². The van der Waals surface area contributed by atoms with Crippen molar-refractivity contribution >= 4 is 21.4 Å². The minimum absolute atomic E-state index is 0.240. The van der Waals surface area contributed by atoms with E-state index in [1.807, 2.05) is 25.1 Å². The number of fused-ring (bicyclic) bond motifs is 1. The fraction of sp³-hybridized carbons (Fsp3) is 0.0714. The molecule has 3 rings (SSSR count). The summed E-state index contributed by atoms with van der Waals surface area (Å²) >= 11 is 3.46. The van der Waals surface area contributed by atoms with Crippen LogP contribution < -0.4 is 0 Å². The highest BCUT2D eigenvalue weighted by molar-refractivity contribution is 9.10. The van der Waals surface area contributed by atoms with Gasteiger partial charge in [-0.05, 0) is 59.3 Å². The number of nitrogens with zero attached hydrogens (tertiary/aromatic N) is 2. The van der Waals surface area contributed by atoms with Crippen LogP contribution >= 0.6 is 15.9 Å². The fourth-order valence-electron chi connectivity index (χ4n) is 2.05. The van der Waals surface area contributed by atoms with Crippen LogP contribution in [0.3, 0.4) is 0 Å². The van der Waals surface area contributed by atoms with Gasteiger partial charge in [-0.15, -0.1) is 0 Å². The van der Waals surface area contributed by atoms with Gasteiger partial charge < -0.3 is 0 Å². The lowest BCUT2D eigenvalue weighted by molar-refractivity contribution is 0.628. The van der Waals surface area contributed by atoms with Gasteiger partial charge in [0.2, 0.25) is 0 Å². The third-order valence-corrected chi connectivity index (χ3v) is 3.50. The molecule has 2 aromatic heterocycles. The van der Waals surface area contributed by atoms with Crippen molar-refractivity contribution in [3.05, 3.63) is 58.6 Å². The summed E-state index contributed by atoms with van der Waals surface area (Å²) in [7, 11) is 0. The molecule has 0 aliphatic heterocycles. The minimum Gasteiger partial charge on any atom is -0.296 e. The first-order chi connectivity index (χ1) is 8.66. The van der Waals surface area contributed by atoms with E-state index in [9.17, 15) is 4.39 Å². The number of rotatable bonds is 1. The molecule has 0 aliphatic rings. The first-order valence-corrected chi connectivity index (χ1v) is 6.35. The van der Waals surface area contributed by atoms with Gasteiger partial charge in [-0.25, -0.2) is 9.37 Å². The maximum atomic E-state index is 13.0. The SMILES string of the molecule is Cc1cccc2c(Br)nc(-c3ccc(F)cc3)n12. The zero-order valence-electron chi connectivity index (χ0n) is 9.69. The van der Waals surface area contributed by atoms with E-state index in [0.717, 1.165) is 27.2 Å². The average Bonchev–Trinajstić information content (AvgIpc) is 2.70. The number of pyridine rings is 1. The summed E-state index contributed by atoms with van der Waals surface area (Å²) in [5.41, 5.74) is 2.99. The topological polar surface area (TPSA) is 17.3 Å². The lowest BCUT2D eigenvalue weighted by atomic mass is 10.2. The van der Waals surface area contributed by atoms with Crippen LogP contribution in [0.1, 0.15) is 5.69 Å². The number of imidazole rings is 1. The highest BCUT2D eigenvalue weighted by atomic mass is 79.9. The molecule has 1 aromatic carbocycles. The lowest BCUT2D eigenvalue weighted by Gasteiger charge is -2.04. The van der Waals surface area contributed by atoms with E-state index in [4.69, 9.17) is 0 Å². The van der Waals surface area contributed by atoms with Gasteiger partial charge >= 0.3 is 0 Å². The largest absolute Gasteiger partial charge is 0.296 e. The van der Waals surface area contributed by atoms with Crippen molar-refractivity contribution in [1.82, 2.24) is 9.38 Å². The predicted octanol–water partition coefficient (Wildman–Crippen LogP) is 4.21. The Kier molecular flexibility index (Phi) is 2.67. The molecule has 0 saturated carbocycles.